The zero-order valence-electron chi connectivity index (χ0n) is 13.5. The SMILES string of the molecule is CC[C@H](Oc1ccccc1F)C(=O)NC[C@@H](C)c1ccccc1. The summed E-state index contributed by atoms with van der Waals surface area (Å²) in [7, 11) is 0. The van der Waals surface area contributed by atoms with E-state index in [1.807, 2.05) is 44.2 Å². The van der Waals surface area contributed by atoms with Crippen LogP contribution in [0.5, 0.6) is 5.75 Å². The summed E-state index contributed by atoms with van der Waals surface area (Å²) in [6.07, 6.45) is -0.227. The Bertz CT molecular complexity index is 630. The van der Waals surface area contributed by atoms with E-state index in [0.717, 1.165) is 5.56 Å². The zero-order valence-corrected chi connectivity index (χ0v) is 13.5. The molecular formula is C19H22FNO2. The minimum absolute atomic E-state index is 0.102. The number of rotatable bonds is 7. The third-order valence-electron chi connectivity index (χ3n) is 3.72. The third-order valence-corrected chi connectivity index (χ3v) is 3.72. The lowest BCUT2D eigenvalue weighted by Gasteiger charge is -2.19. The van der Waals surface area contributed by atoms with E-state index in [-0.39, 0.29) is 17.6 Å². The maximum Gasteiger partial charge on any atom is 0.261 e. The number of halogens is 1. The molecule has 0 spiro atoms. The summed E-state index contributed by atoms with van der Waals surface area (Å²) in [6, 6.07) is 16.1. The van der Waals surface area contributed by atoms with Gasteiger partial charge < -0.3 is 10.1 Å². The molecule has 122 valence electrons. The quantitative estimate of drug-likeness (QED) is 0.841. The van der Waals surface area contributed by atoms with Crippen molar-refractivity contribution in [3.63, 3.8) is 0 Å². The van der Waals surface area contributed by atoms with Crippen molar-refractivity contribution in [2.75, 3.05) is 6.54 Å². The van der Waals surface area contributed by atoms with Gasteiger partial charge in [-0.25, -0.2) is 4.39 Å². The Morgan fingerprint density at radius 2 is 1.78 bits per heavy atom. The normalized spacial score (nSPS) is 13.2. The van der Waals surface area contributed by atoms with Crippen molar-refractivity contribution in [1.82, 2.24) is 5.32 Å². The third kappa shape index (κ3) is 4.81. The molecule has 3 nitrogen and oxygen atoms in total. The molecule has 23 heavy (non-hydrogen) atoms. The number of hydrogen-bond acceptors (Lipinski definition) is 2. The smallest absolute Gasteiger partial charge is 0.261 e. The summed E-state index contributed by atoms with van der Waals surface area (Å²) in [5, 5.41) is 2.89. The molecule has 2 atom stereocenters. The van der Waals surface area contributed by atoms with Crippen molar-refractivity contribution >= 4 is 5.91 Å². The Labute approximate surface area is 136 Å². The van der Waals surface area contributed by atoms with E-state index in [4.69, 9.17) is 4.74 Å². The van der Waals surface area contributed by atoms with Crippen molar-refractivity contribution in [3.8, 4) is 5.75 Å². The maximum absolute atomic E-state index is 13.6. The van der Waals surface area contributed by atoms with Crippen LogP contribution in [0.15, 0.2) is 54.6 Å². The molecule has 2 aromatic carbocycles. The van der Waals surface area contributed by atoms with Crippen LogP contribution in [-0.4, -0.2) is 18.6 Å². The number of para-hydroxylation sites is 1. The lowest BCUT2D eigenvalue weighted by molar-refractivity contribution is -0.128. The van der Waals surface area contributed by atoms with Crippen molar-refractivity contribution in [3.05, 3.63) is 66.0 Å². The first kappa shape index (κ1) is 17.0. The summed E-state index contributed by atoms with van der Waals surface area (Å²) in [4.78, 5) is 12.3. The lowest BCUT2D eigenvalue weighted by Crippen LogP contribution is -2.39. The predicted molar refractivity (Wildman–Crippen MR) is 89.0 cm³/mol. The predicted octanol–water partition coefficient (Wildman–Crippen LogP) is 3.90. The van der Waals surface area contributed by atoms with Crippen LogP contribution in [0.1, 0.15) is 31.7 Å². The first-order valence-electron chi connectivity index (χ1n) is 7.85. The highest BCUT2D eigenvalue weighted by Crippen LogP contribution is 2.18. The van der Waals surface area contributed by atoms with E-state index >= 15 is 0 Å². The van der Waals surface area contributed by atoms with Gasteiger partial charge in [-0.05, 0) is 30.0 Å². The number of amides is 1. The van der Waals surface area contributed by atoms with Crippen molar-refractivity contribution in [1.29, 1.82) is 0 Å². The molecule has 0 saturated carbocycles. The van der Waals surface area contributed by atoms with Crippen molar-refractivity contribution < 1.29 is 13.9 Å². The summed E-state index contributed by atoms with van der Waals surface area (Å²) < 4.78 is 19.1. The Kier molecular flexibility index (Phi) is 6.15. The van der Waals surface area contributed by atoms with Gasteiger partial charge in [0.05, 0.1) is 0 Å². The highest BCUT2D eigenvalue weighted by atomic mass is 19.1. The molecule has 2 aromatic rings. The Morgan fingerprint density at radius 3 is 2.43 bits per heavy atom. The monoisotopic (exact) mass is 315 g/mol. The number of benzene rings is 2. The number of hydrogen-bond donors (Lipinski definition) is 1. The minimum atomic E-state index is -0.699. The topological polar surface area (TPSA) is 38.3 Å². The molecule has 0 radical (unpaired) electrons. The van der Waals surface area contributed by atoms with Gasteiger partial charge in [0.25, 0.3) is 5.91 Å². The summed E-state index contributed by atoms with van der Waals surface area (Å²) >= 11 is 0. The summed E-state index contributed by atoms with van der Waals surface area (Å²) in [5.74, 6) is -0.383. The van der Waals surface area contributed by atoms with Crippen LogP contribution in [0.3, 0.4) is 0 Å². The van der Waals surface area contributed by atoms with E-state index in [0.29, 0.717) is 13.0 Å². The molecule has 1 N–H and O–H groups in total. The molecule has 0 aromatic heterocycles. The summed E-state index contributed by atoms with van der Waals surface area (Å²) in [6.45, 7) is 4.40. The molecule has 0 unspecified atom stereocenters. The first-order valence-corrected chi connectivity index (χ1v) is 7.85. The van der Waals surface area contributed by atoms with Crippen LogP contribution in [-0.2, 0) is 4.79 Å². The van der Waals surface area contributed by atoms with Gasteiger partial charge in [-0.1, -0.05) is 56.3 Å². The van der Waals surface area contributed by atoms with Crippen LogP contribution in [0.4, 0.5) is 4.39 Å². The van der Waals surface area contributed by atoms with E-state index in [2.05, 4.69) is 5.32 Å². The number of carbonyl (C=O) groups is 1. The van der Waals surface area contributed by atoms with Gasteiger partial charge in [-0.15, -0.1) is 0 Å². The van der Waals surface area contributed by atoms with Crippen molar-refractivity contribution in [2.24, 2.45) is 0 Å². The Hall–Kier alpha value is -2.36. The second-order valence-electron chi connectivity index (χ2n) is 5.50. The van der Waals surface area contributed by atoms with E-state index < -0.39 is 11.9 Å². The molecule has 0 heterocycles. The molecule has 0 bridgehead atoms. The largest absolute Gasteiger partial charge is 0.478 e. The van der Waals surface area contributed by atoms with Gasteiger partial charge in [0.2, 0.25) is 0 Å². The van der Waals surface area contributed by atoms with E-state index in [9.17, 15) is 9.18 Å². The van der Waals surface area contributed by atoms with E-state index in [1.165, 1.54) is 12.1 Å². The number of nitrogens with one attached hydrogen (secondary N) is 1. The van der Waals surface area contributed by atoms with Crippen LogP contribution >= 0.6 is 0 Å². The van der Waals surface area contributed by atoms with E-state index in [1.54, 1.807) is 12.1 Å². The highest BCUT2D eigenvalue weighted by molar-refractivity contribution is 5.81. The standard InChI is InChI=1S/C19H22FNO2/c1-3-17(23-18-12-8-7-11-16(18)20)19(22)21-13-14(2)15-9-5-4-6-10-15/h4-12,14,17H,3,13H2,1-2H3,(H,21,22)/t14-,17+/m1/s1. The molecule has 2 rings (SSSR count). The minimum Gasteiger partial charge on any atom is -0.478 e. The van der Waals surface area contributed by atoms with Gasteiger partial charge in [0.15, 0.2) is 17.7 Å². The maximum atomic E-state index is 13.6. The molecule has 0 aliphatic heterocycles. The fourth-order valence-electron chi connectivity index (χ4n) is 2.28. The number of ether oxygens (including phenoxy) is 1. The molecular weight excluding hydrogens is 293 g/mol. The van der Waals surface area contributed by atoms with Gasteiger partial charge in [-0.2, -0.15) is 0 Å². The first-order chi connectivity index (χ1) is 11.1. The molecule has 0 aliphatic rings. The van der Waals surface area contributed by atoms with Gasteiger partial charge >= 0.3 is 0 Å². The second-order valence-corrected chi connectivity index (χ2v) is 5.50. The molecule has 0 fully saturated rings. The average Bonchev–Trinajstić information content (AvgIpc) is 2.59. The van der Waals surface area contributed by atoms with Gasteiger partial charge in [-0.3, -0.25) is 4.79 Å². The Balaban J connectivity index is 1.91. The molecule has 0 aliphatic carbocycles. The summed E-state index contributed by atoms with van der Waals surface area (Å²) in [5.41, 5.74) is 1.16. The number of carbonyl (C=O) groups excluding carboxylic acids is 1. The fraction of sp³-hybridized carbons (Fsp3) is 0.316. The zero-order chi connectivity index (χ0) is 16.7. The average molecular weight is 315 g/mol. The lowest BCUT2D eigenvalue weighted by atomic mass is 10.0. The van der Waals surface area contributed by atoms with Crippen LogP contribution in [0.2, 0.25) is 0 Å². The molecule has 0 saturated heterocycles. The van der Waals surface area contributed by atoms with Gasteiger partial charge in [0.1, 0.15) is 0 Å². The fourth-order valence-corrected chi connectivity index (χ4v) is 2.28. The van der Waals surface area contributed by atoms with Crippen LogP contribution in [0, 0.1) is 5.82 Å². The molecule has 4 heteroatoms. The van der Waals surface area contributed by atoms with Crippen LogP contribution in [0.25, 0.3) is 0 Å². The van der Waals surface area contributed by atoms with Crippen LogP contribution < -0.4 is 10.1 Å². The highest BCUT2D eigenvalue weighted by Gasteiger charge is 2.20. The second kappa shape index (κ2) is 8.32. The molecule has 1 amide bonds. The Morgan fingerprint density at radius 1 is 1.13 bits per heavy atom. The van der Waals surface area contributed by atoms with Crippen molar-refractivity contribution in [2.45, 2.75) is 32.3 Å². The van der Waals surface area contributed by atoms with Gasteiger partial charge in [0, 0.05) is 6.54 Å².